The number of hydrogen-bond acceptors (Lipinski definition) is 1. The Morgan fingerprint density at radius 1 is 1.33 bits per heavy atom. The monoisotopic (exact) mass is 188 g/mol. The second-order valence-electron chi connectivity index (χ2n) is 4.22. The van der Waals surface area contributed by atoms with E-state index in [2.05, 4.69) is 0 Å². The molecule has 0 aromatic heterocycles. The van der Waals surface area contributed by atoms with Crippen molar-refractivity contribution in [2.75, 3.05) is 0 Å². The van der Waals surface area contributed by atoms with Crippen LogP contribution in [0.4, 0.5) is 0 Å². The number of rotatable bonds is 1. The van der Waals surface area contributed by atoms with Crippen LogP contribution in [0.2, 0.25) is 0 Å². The molecule has 2 fully saturated rings. The molecule has 0 saturated heterocycles. The lowest BCUT2D eigenvalue weighted by Crippen LogP contribution is -2.38. The number of halogens is 1. The SMILES string of the molecule is O=C(O)C1(Cl)C[C@@H]2CC[C@@H](C2)C1. The van der Waals surface area contributed by atoms with Crippen molar-refractivity contribution in [3.8, 4) is 0 Å². The fraction of sp³-hybridized carbons (Fsp3) is 0.889. The van der Waals surface area contributed by atoms with Gasteiger partial charge in [-0.3, -0.25) is 4.79 Å². The molecule has 3 heteroatoms. The maximum absolute atomic E-state index is 10.9. The molecule has 2 bridgehead atoms. The van der Waals surface area contributed by atoms with Crippen molar-refractivity contribution in [2.24, 2.45) is 11.8 Å². The summed E-state index contributed by atoms with van der Waals surface area (Å²) in [6, 6.07) is 0. The van der Waals surface area contributed by atoms with Gasteiger partial charge in [-0.2, -0.15) is 0 Å². The number of carboxylic acids is 1. The standard InChI is InChI=1S/C9H13ClO2/c10-9(8(11)12)4-6-1-2-7(3-6)5-9/h6-7H,1-5H2,(H,11,12)/t6-,7+,9?. The van der Waals surface area contributed by atoms with Crippen molar-refractivity contribution >= 4 is 17.6 Å². The van der Waals surface area contributed by atoms with Gasteiger partial charge in [0.1, 0.15) is 4.87 Å². The lowest BCUT2D eigenvalue weighted by Gasteiger charge is -2.31. The fourth-order valence-corrected chi connectivity index (χ4v) is 3.16. The number of alkyl halides is 1. The molecule has 1 unspecified atom stereocenters. The van der Waals surface area contributed by atoms with Gasteiger partial charge in [-0.25, -0.2) is 0 Å². The molecule has 0 amide bonds. The smallest absolute Gasteiger partial charge is 0.324 e. The van der Waals surface area contributed by atoms with E-state index >= 15 is 0 Å². The maximum Gasteiger partial charge on any atom is 0.324 e. The van der Waals surface area contributed by atoms with Crippen molar-refractivity contribution < 1.29 is 9.90 Å². The van der Waals surface area contributed by atoms with Crippen LogP contribution in [-0.2, 0) is 4.79 Å². The van der Waals surface area contributed by atoms with Crippen molar-refractivity contribution in [3.63, 3.8) is 0 Å². The molecular weight excluding hydrogens is 176 g/mol. The van der Waals surface area contributed by atoms with Gasteiger partial charge < -0.3 is 5.11 Å². The highest BCUT2D eigenvalue weighted by molar-refractivity contribution is 6.33. The van der Waals surface area contributed by atoms with Crippen LogP contribution in [0.25, 0.3) is 0 Å². The van der Waals surface area contributed by atoms with Crippen molar-refractivity contribution in [1.29, 1.82) is 0 Å². The zero-order valence-corrected chi connectivity index (χ0v) is 7.68. The zero-order chi connectivity index (χ0) is 8.77. The van der Waals surface area contributed by atoms with Gasteiger partial charge in [0, 0.05) is 0 Å². The molecule has 2 rings (SSSR count). The van der Waals surface area contributed by atoms with Gasteiger partial charge in [-0.15, -0.1) is 11.6 Å². The third-order valence-corrected chi connectivity index (χ3v) is 3.73. The molecule has 0 aliphatic heterocycles. The summed E-state index contributed by atoms with van der Waals surface area (Å²) in [5.74, 6) is 0.343. The molecule has 0 aromatic rings. The largest absolute Gasteiger partial charge is 0.480 e. The average molecular weight is 189 g/mol. The van der Waals surface area contributed by atoms with Gasteiger partial charge in [-0.1, -0.05) is 12.8 Å². The van der Waals surface area contributed by atoms with Crippen LogP contribution in [0.3, 0.4) is 0 Å². The van der Waals surface area contributed by atoms with E-state index in [0.717, 1.165) is 0 Å². The Kier molecular flexibility index (Phi) is 1.83. The lowest BCUT2D eigenvalue weighted by molar-refractivity contribution is -0.141. The summed E-state index contributed by atoms with van der Waals surface area (Å²) in [6.45, 7) is 0. The Morgan fingerprint density at radius 3 is 2.25 bits per heavy atom. The number of carbonyl (C=O) groups is 1. The van der Waals surface area contributed by atoms with Crippen LogP contribution in [0.5, 0.6) is 0 Å². The molecule has 2 aliphatic carbocycles. The first-order valence-electron chi connectivity index (χ1n) is 4.52. The molecule has 2 nitrogen and oxygen atoms in total. The first-order valence-corrected chi connectivity index (χ1v) is 4.90. The van der Waals surface area contributed by atoms with Crippen LogP contribution >= 0.6 is 11.6 Å². The van der Waals surface area contributed by atoms with E-state index in [9.17, 15) is 4.79 Å². The summed E-state index contributed by atoms with van der Waals surface area (Å²) in [5, 5.41) is 8.93. The molecule has 2 saturated carbocycles. The van der Waals surface area contributed by atoms with Crippen LogP contribution < -0.4 is 0 Å². The zero-order valence-electron chi connectivity index (χ0n) is 6.92. The Labute approximate surface area is 76.9 Å². The van der Waals surface area contributed by atoms with E-state index in [1.807, 2.05) is 0 Å². The minimum absolute atomic E-state index is 0.581. The molecule has 0 spiro atoms. The predicted molar refractivity (Wildman–Crippen MR) is 46.3 cm³/mol. The Hall–Kier alpha value is -0.240. The molecule has 1 N–H and O–H groups in total. The second kappa shape index (κ2) is 2.63. The Bertz CT molecular complexity index is 203. The third kappa shape index (κ3) is 1.22. The van der Waals surface area contributed by atoms with Crippen LogP contribution in [-0.4, -0.2) is 16.0 Å². The van der Waals surface area contributed by atoms with Gasteiger partial charge in [0.25, 0.3) is 0 Å². The number of fused-ring (bicyclic) bond motifs is 2. The fourth-order valence-electron chi connectivity index (χ4n) is 2.72. The lowest BCUT2D eigenvalue weighted by atomic mass is 9.80. The highest BCUT2D eigenvalue weighted by Crippen LogP contribution is 2.49. The van der Waals surface area contributed by atoms with E-state index in [1.165, 1.54) is 19.3 Å². The van der Waals surface area contributed by atoms with Gasteiger partial charge in [0.05, 0.1) is 0 Å². The summed E-state index contributed by atoms with van der Waals surface area (Å²) in [5.41, 5.74) is 0. The quantitative estimate of drug-likeness (QED) is 0.641. The highest BCUT2D eigenvalue weighted by Gasteiger charge is 2.47. The summed E-state index contributed by atoms with van der Waals surface area (Å²) >= 11 is 6.04. The van der Waals surface area contributed by atoms with E-state index in [1.54, 1.807) is 0 Å². The summed E-state index contributed by atoms with van der Waals surface area (Å²) in [4.78, 5) is 9.94. The molecule has 0 heterocycles. The molecule has 68 valence electrons. The summed E-state index contributed by atoms with van der Waals surface area (Å²) in [6.07, 6.45) is 4.95. The van der Waals surface area contributed by atoms with E-state index in [4.69, 9.17) is 16.7 Å². The van der Waals surface area contributed by atoms with E-state index in [-0.39, 0.29) is 0 Å². The first kappa shape index (κ1) is 8.36. The first-order chi connectivity index (χ1) is 5.60. The van der Waals surface area contributed by atoms with Crippen LogP contribution in [0, 0.1) is 11.8 Å². The van der Waals surface area contributed by atoms with E-state index in [0.29, 0.717) is 24.7 Å². The van der Waals surface area contributed by atoms with Crippen LogP contribution in [0.1, 0.15) is 32.1 Å². The highest BCUT2D eigenvalue weighted by atomic mass is 35.5. The molecule has 0 radical (unpaired) electrons. The Morgan fingerprint density at radius 2 is 1.83 bits per heavy atom. The van der Waals surface area contributed by atoms with Crippen molar-refractivity contribution in [3.05, 3.63) is 0 Å². The molecule has 0 aromatic carbocycles. The Balaban J connectivity index is 2.15. The second-order valence-corrected chi connectivity index (χ2v) is 4.95. The van der Waals surface area contributed by atoms with Crippen LogP contribution in [0.15, 0.2) is 0 Å². The van der Waals surface area contributed by atoms with Gasteiger partial charge in [0.15, 0.2) is 0 Å². The number of hydrogen-bond donors (Lipinski definition) is 1. The summed E-state index contributed by atoms with van der Waals surface area (Å²) < 4.78 is 0. The number of aliphatic carboxylic acids is 1. The molecule has 12 heavy (non-hydrogen) atoms. The summed E-state index contributed by atoms with van der Waals surface area (Å²) in [7, 11) is 0. The van der Waals surface area contributed by atoms with Gasteiger partial charge in [0.2, 0.25) is 0 Å². The molecular formula is C9H13ClO2. The average Bonchev–Trinajstić information content (AvgIpc) is 2.30. The van der Waals surface area contributed by atoms with Crippen molar-refractivity contribution in [1.82, 2.24) is 0 Å². The topological polar surface area (TPSA) is 37.3 Å². The van der Waals surface area contributed by atoms with Gasteiger partial charge >= 0.3 is 5.97 Å². The molecule has 2 aliphatic rings. The minimum Gasteiger partial charge on any atom is -0.480 e. The van der Waals surface area contributed by atoms with Crippen molar-refractivity contribution in [2.45, 2.75) is 37.0 Å². The maximum atomic E-state index is 10.9. The normalized spacial score (nSPS) is 46.1. The molecule has 3 atom stereocenters. The van der Waals surface area contributed by atoms with E-state index < -0.39 is 10.8 Å². The minimum atomic E-state index is -0.927. The van der Waals surface area contributed by atoms with Gasteiger partial charge in [-0.05, 0) is 31.1 Å². The number of carboxylic acid groups (broad SMARTS) is 1. The third-order valence-electron chi connectivity index (χ3n) is 3.26. The predicted octanol–water partition coefficient (Wildman–Crippen LogP) is 2.26.